The summed E-state index contributed by atoms with van der Waals surface area (Å²) in [6.45, 7) is 10.1. The van der Waals surface area contributed by atoms with Crippen molar-refractivity contribution in [3.05, 3.63) is 11.7 Å². The smallest absolute Gasteiger partial charge is 0.228 e. The molecule has 2 N–H and O–H groups in total. The number of nitrogens with zero attached hydrogens (tertiary/aromatic N) is 3. The average Bonchev–Trinajstić information content (AvgIpc) is 2.99. The number of nitrogens with one attached hydrogen (secondary N) is 2. The zero-order chi connectivity index (χ0) is 16.7. The van der Waals surface area contributed by atoms with Crippen LogP contribution in [0.15, 0.2) is 9.52 Å². The largest absolute Gasteiger partial charge is 0.357 e. The van der Waals surface area contributed by atoms with E-state index in [1.165, 1.54) is 25.7 Å². The van der Waals surface area contributed by atoms with Gasteiger partial charge in [-0.3, -0.25) is 4.99 Å². The van der Waals surface area contributed by atoms with Gasteiger partial charge in [-0.2, -0.15) is 4.98 Å². The van der Waals surface area contributed by atoms with Gasteiger partial charge in [-0.05, 0) is 38.5 Å². The monoisotopic (exact) mass is 449 g/mol. The number of guanidine groups is 1. The molecule has 1 aliphatic rings. The SMILES string of the molecule is CCNC(=NCCc1nc(C(C)C)no1)NC1CCC(C)CC1.I. The zero-order valence-corrected chi connectivity index (χ0v) is 17.7. The second-order valence-electron chi connectivity index (χ2n) is 6.81. The third-order valence-corrected chi connectivity index (χ3v) is 4.30. The topological polar surface area (TPSA) is 75.3 Å². The van der Waals surface area contributed by atoms with Crippen LogP contribution in [0.4, 0.5) is 0 Å². The maximum absolute atomic E-state index is 5.26. The summed E-state index contributed by atoms with van der Waals surface area (Å²) in [5.74, 6) is 3.49. The van der Waals surface area contributed by atoms with E-state index in [0.29, 0.717) is 30.8 Å². The number of hydrogen-bond acceptors (Lipinski definition) is 4. The maximum atomic E-state index is 5.26. The molecule has 0 spiro atoms. The summed E-state index contributed by atoms with van der Waals surface area (Å²) >= 11 is 0. The van der Waals surface area contributed by atoms with Crippen molar-refractivity contribution in [3.8, 4) is 0 Å². The molecule has 1 heterocycles. The highest BCUT2D eigenvalue weighted by molar-refractivity contribution is 14.0. The number of rotatable bonds is 6. The van der Waals surface area contributed by atoms with Crippen LogP contribution >= 0.6 is 24.0 Å². The summed E-state index contributed by atoms with van der Waals surface area (Å²) in [6.07, 6.45) is 5.74. The Morgan fingerprint density at radius 3 is 2.58 bits per heavy atom. The molecule has 0 atom stereocenters. The van der Waals surface area contributed by atoms with Gasteiger partial charge in [-0.15, -0.1) is 24.0 Å². The first kappa shape index (κ1) is 21.2. The van der Waals surface area contributed by atoms with E-state index in [1.54, 1.807) is 0 Å². The fourth-order valence-corrected chi connectivity index (χ4v) is 2.79. The molecule has 1 aromatic rings. The highest BCUT2D eigenvalue weighted by atomic mass is 127. The van der Waals surface area contributed by atoms with Crippen LogP contribution in [-0.4, -0.2) is 35.2 Å². The van der Waals surface area contributed by atoms with Gasteiger partial charge in [0.1, 0.15) is 0 Å². The van der Waals surface area contributed by atoms with Gasteiger partial charge in [0.2, 0.25) is 5.89 Å². The van der Waals surface area contributed by atoms with Crippen LogP contribution in [0.3, 0.4) is 0 Å². The number of halogens is 1. The van der Waals surface area contributed by atoms with Gasteiger partial charge in [0, 0.05) is 24.9 Å². The summed E-state index contributed by atoms with van der Waals surface area (Å²) in [7, 11) is 0. The van der Waals surface area contributed by atoms with E-state index < -0.39 is 0 Å². The Labute approximate surface area is 162 Å². The van der Waals surface area contributed by atoms with E-state index in [2.05, 4.69) is 53.5 Å². The summed E-state index contributed by atoms with van der Waals surface area (Å²) in [5.41, 5.74) is 0. The molecule has 0 unspecified atom stereocenters. The van der Waals surface area contributed by atoms with Crippen LogP contribution in [0.5, 0.6) is 0 Å². The molecule has 0 radical (unpaired) electrons. The number of hydrogen-bond donors (Lipinski definition) is 2. The molecule has 138 valence electrons. The molecule has 1 aliphatic carbocycles. The average molecular weight is 449 g/mol. The van der Waals surface area contributed by atoms with Crippen molar-refractivity contribution in [2.45, 2.75) is 71.8 Å². The minimum Gasteiger partial charge on any atom is -0.357 e. The molecule has 1 saturated carbocycles. The van der Waals surface area contributed by atoms with Crippen molar-refractivity contribution in [1.29, 1.82) is 0 Å². The molecule has 7 heteroatoms. The van der Waals surface area contributed by atoms with E-state index in [1.807, 2.05) is 0 Å². The van der Waals surface area contributed by atoms with Crippen LogP contribution in [0.1, 0.15) is 71.0 Å². The van der Waals surface area contributed by atoms with Crippen LogP contribution < -0.4 is 10.6 Å². The molecule has 0 bridgehead atoms. The molecule has 1 aromatic heterocycles. The normalized spacial score (nSPS) is 21.5. The van der Waals surface area contributed by atoms with Gasteiger partial charge in [-0.25, -0.2) is 0 Å². The molecule has 0 aliphatic heterocycles. The van der Waals surface area contributed by atoms with Crippen molar-refractivity contribution >= 4 is 29.9 Å². The first-order valence-corrected chi connectivity index (χ1v) is 8.95. The second kappa shape index (κ2) is 10.9. The van der Waals surface area contributed by atoms with E-state index in [9.17, 15) is 0 Å². The van der Waals surface area contributed by atoms with Gasteiger partial charge >= 0.3 is 0 Å². The van der Waals surface area contributed by atoms with Gasteiger partial charge in [0.05, 0.1) is 6.54 Å². The van der Waals surface area contributed by atoms with E-state index in [-0.39, 0.29) is 24.0 Å². The lowest BCUT2D eigenvalue weighted by molar-refractivity contribution is 0.329. The Bertz CT molecular complexity index is 495. The first-order valence-electron chi connectivity index (χ1n) is 8.95. The van der Waals surface area contributed by atoms with Crippen LogP contribution in [0.25, 0.3) is 0 Å². The Hall–Kier alpha value is -0.860. The van der Waals surface area contributed by atoms with Crippen LogP contribution in [0.2, 0.25) is 0 Å². The highest BCUT2D eigenvalue weighted by Crippen LogP contribution is 2.23. The van der Waals surface area contributed by atoms with Crippen molar-refractivity contribution in [2.75, 3.05) is 13.1 Å². The molecule has 2 rings (SSSR count). The van der Waals surface area contributed by atoms with Crippen molar-refractivity contribution < 1.29 is 4.52 Å². The standard InChI is InChI=1S/C17H31N5O.HI/c1-5-18-17(20-14-8-6-13(4)7-9-14)19-11-10-15-21-16(12(2)3)22-23-15;/h12-14H,5-11H2,1-4H3,(H2,18,19,20);1H. The van der Waals surface area contributed by atoms with E-state index in [0.717, 1.165) is 24.2 Å². The van der Waals surface area contributed by atoms with Gasteiger partial charge in [0.15, 0.2) is 11.8 Å². The second-order valence-corrected chi connectivity index (χ2v) is 6.81. The Morgan fingerprint density at radius 2 is 2.00 bits per heavy atom. The lowest BCUT2D eigenvalue weighted by Gasteiger charge is -2.28. The number of aromatic nitrogens is 2. The lowest BCUT2D eigenvalue weighted by atomic mass is 9.87. The minimum atomic E-state index is 0. The van der Waals surface area contributed by atoms with E-state index in [4.69, 9.17) is 4.52 Å². The van der Waals surface area contributed by atoms with Crippen LogP contribution in [-0.2, 0) is 6.42 Å². The van der Waals surface area contributed by atoms with Crippen LogP contribution in [0, 0.1) is 5.92 Å². The summed E-state index contributed by atoms with van der Waals surface area (Å²) in [6, 6.07) is 0.542. The maximum Gasteiger partial charge on any atom is 0.228 e. The van der Waals surface area contributed by atoms with Crippen molar-refractivity contribution in [3.63, 3.8) is 0 Å². The lowest BCUT2D eigenvalue weighted by Crippen LogP contribution is -2.44. The summed E-state index contributed by atoms with van der Waals surface area (Å²) < 4.78 is 5.26. The van der Waals surface area contributed by atoms with Gasteiger partial charge in [0.25, 0.3) is 0 Å². The third kappa shape index (κ3) is 6.94. The Morgan fingerprint density at radius 1 is 1.29 bits per heavy atom. The molecule has 0 amide bonds. The molecule has 0 saturated heterocycles. The summed E-state index contributed by atoms with van der Waals surface area (Å²) in [5, 5.41) is 10.9. The molecular weight excluding hydrogens is 417 g/mol. The van der Waals surface area contributed by atoms with Gasteiger partial charge < -0.3 is 15.2 Å². The Kier molecular flexibility index (Phi) is 9.61. The zero-order valence-electron chi connectivity index (χ0n) is 15.3. The molecule has 1 fully saturated rings. The highest BCUT2D eigenvalue weighted by Gasteiger charge is 2.18. The quantitative estimate of drug-likeness (QED) is 0.395. The van der Waals surface area contributed by atoms with Gasteiger partial charge in [-0.1, -0.05) is 25.9 Å². The minimum absolute atomic E-state index is 0. The van der Waals surface area contributed by atoms with Crippen molar-refractivity contribution in [2.24, 2.45) is 10.9 Å². The fourth-order valence-electron chi connectivity index (χ4n) is 2.79. The molecular formula is C17H32IN5O. The predicted molar refractivity (Wildman–Crippen MR) is 108 cm³/mol. The molecule has 24 heavy (non-hydrogen) atoms. The first-order chi connectivity index (χ1) is 11.1. The predicted octanol–water partition coefficient (Wildman–Crippen LogP) is 3.49. The number of aliphatic imine (C=N–C) groups is 1. The summed E-state index contributed by atoms with van der Waals surface area (Å²) in [4.78, 5) is 9.03. The third-order valence-electron chi connectivity index (χ3n) is 4.30. The van der Waals surface area contributed by atoms with E-state index >= 15 is 0 Å². The molecule has 6 nitrogen and oxygen atoms in total. The fraction of sp³-hybridized carbons (Fsp3) is 0.824. The Balaban J connectivity index is 0.00000288. The van der Waals surface area contributed by atoms with Crippen molar-refractivity contribution in [1.82, 2.24) is 20.8 Å². The molecule has 0 aromatic carbocycles.